The summed E-state index contributed by atoms with van der Waals surface area (Å²) >= 11 is 6.06. The van der Waals surface area contributed by atoms with Crippen molar-refractivity contribution in [2.45, 2.75) is 56.4 Å². The molecule has 33 heavy (non-hydrogen) atoms. The zero-order valence-corrected chi connectivity index (χ0v) is 20.4. The van der Waals surface area contributed by atoms with Crippen LogP contribution in [0.15, 0.2) is 65.1 Å². The van der Waals surface area contributed by atoms with Gasteiger partial charge in [0.2, 0.25) is 15.9 Å². The van der Waals surface area contributed by atoms with Gasteiger partial charge < -0.3 is 10.1 Å². The van der Waals surface area contributed by atoms with E-state index in [1.807, 2.05) is 30.3 Å². The zero-order chi connectivity index (χ0) is 23.7. The quantitative estimate of drug-likeness (QED) is 0.449. The Kier molecular flexibility index (Phi) is 9.35. The molecule has 0 bridgehead atoms. The lowest BCUT2D eigenvalue weighted by molar-refractivity contribution is -0.122. The second-order valence-electron chi connectivity index (χ2n) is 8.04. The van der Waals surface area contributed by atoms with Crippen molar-refractivity contribution in [2.24, 2.45) is 0 Å². The molecular weight excluding hydrogens is 460 g/mol. The Balaban J connectivity index is 1.78. The first kappa shape index (κ1) is 25.3. The third-order valence-electron chi connectivity index (χ3n) is 5.52. The highest BCUT2D eigenvalue weighted by molar-refractivity contribution is 7.89. The van der Waals surface area contributed by atoms with Gasteiger partial charge in [0, 0.05) is 11.6 Å². The standard InChI is InChI=1S/C25H31ClN2O4S/c1-2-32-23-14-13-21(26)18-24(23)33(30,31)28-22(17-20-11-7-4-8-12-20)25(29)27-16-15-19-9-5-3-6-10-19/h4,7-9,11-14,18,22,28H,2-3,5-6,10,15-17H2,1H3,(H,27,29). The van der Waals surface area contributed by atoms with Gasteiger partial charge in [0.15, 0.2) is 0 Å². The molecule has 8 heteroatoms. The van der Waals surface area contributed by atoms with Crippen LogP contribution in [0, 0.1) is 0 Å². The van der Waals surface area contributed by atoms with Crippen LogP contribution in [0.4, 0.5) is 0 Å². The van der Waals surface area contributed by atoms with E-state index < -0.39 is 16.1 Å². The van der Waals surface area contributed by atoms with E-state index in [1.165, 1.54) is 30.5 Å². The zero-order valence-electron chi connectivity index (χ0n) is 18.8. The Morgan fingerprint density at radius 3 is 2.64 bits per heavy atom. The van der Waals surface area contributed by atoms with E-state index in [2.05, 4.69) is 16.1 Å². The maximum Gasteiger partial charge on any atom is 0.245 e. The second kappa shape index (κ2) is 12.2. The molecule has 0 heterocycles. The molecule has 0 aromatic heterocycles. The summed E-state index contributed by atoms with van der Waals surface area (Å²) in [5, 5.41) is 3.18. The lowest BCUT2D eigenvalue weighted by atomic mass is 9.97. The maximum atomic E-state index is 13.3. The molecule has 3 rings (SSSR count). The Hall–Kier alpha value is -2.35. The van der Waals surface area contributed by atoms with Gasteiger partial charge in [-0.15, -0.1) is 0 Å². The Morgan fingerprint density at radius 1 is 1.15 bits per heavy atom. The fourth-order valence-corrected chi connectivity index (χ4v) is 5.46. The van der Waals surface area contributed by atoms with Gasteiger partial charge in [0.25, 0.3) is 0 Å². The smallest absolute Gasteiger partial charge is 0.245 e. The van der Waals surface area contributed by atoms with Crippen molar-refractivity contribution in [3.05, 3.63) is 70.8 Å². The number of carbonyl (C=O) groups is 1. The van der Waals surface area contributed by atoms with Crippen LogP contribution in [0.3, 0.4) is 0 Å². The first-order valence-electron chi connectivity index (χ1n) is 11.3. The largest absolute Gasteiger partial charge is 0.492 e. The van der Waals surface area contributed by atoms with E-state index in [4.69, 9.17) is 16.3 Å². The summed E-state index contributed by atoms with van der Waals surface area (Å²) in [5.41, 5.74) is 2.20. The molecule has 0 aliphatic heterocycles. The molecular formula is C25H31ClN2O4S. The second-order valence-corrected chi connectivity index (χ2v) is 10.2. The van der Waals surface area contributed by atoms with E-state index in [9.17, 15) is 13.2 Å². The Morgan fingerprint density at radius 2 is 1.94 bits per heavy atom. The van der Waals surface area contributed by atoms with Crippen molar-refractivity contribution < 1.29 is 17.9 Å². The molecule has 1 atom stereocenters. The summed E-state index contributed by atoms with van der Waals surface area (Å²) in [4.78, 5) is 13.0. The number of sulfonamides is 1. The highest BCUT2D eigenvalue weighted by atomic mass is 35.5. The monoisotopic (exact) mass is 490 g/mol. The number of hydrogen-bond donors (Lipinski definition) is 2. The first-order valence-corrected chi connectivity index (χ1v) is 13.2. The summed E-state index contributed by atoms with van der Waals surface area (Å²) in [6.45, 7) is 2.54. The van der Waals surface area contributed by atoms with Crippen LogP contribution in [0.25, 0.3) is 0 Å². The van der Waals surface area contributed by atoms with Gasteiger partial charge >= 0.3 is 0 Å². The molecule has 0 radical (unpaired) electrons. The van der Waals surface area contributed by atoms with E-state index in [1.54, 1.807) is 13.0 Å². The van der Waals surface area contributed by atoms with E-state index >= 15 is 0 Å². The molecule has 1 aliphatic carbocycles. The number of rotatable bonds is 11. The summed E-state index contributed by atoms with van der Waals surface area (Å²) < 4.78 is 34.6. The van der Waals surface area contributed by atoms with Crippen LogP contribution in [0.5, 0.6) is 5.75 Å². The average Bonchev–Trinajstić information content (AvgIpc) is 2.81. The number of carbonyl (C=O) groups excluding carboxylic acids is 1. The molecule has 1 amide bonds. The molecule has 178 valence electrons. The SMILES string of the molecule is CCOc1ccc(Cl)cc1S(=O)(=O)NC(Cc1ccccc1)C(=O)NCCC1=CCCCC1. The topological polar surface area (TPSA) is 84.5 Å². The van der Waals surface area contributed by atoms with Crippen molar-refractivity contribution in [3.63, 3.8) is 0 Å². The first-order chi connectivity index (χ1) is 15.9. The van der Waals surface area contributed by atoms with Crippen molar-refractivity contribution in [2.75, 3.05) is 13.2 Å². The minimum Gasteiger partial charge on any atom is -0.492 e. The minimum atomic E-state index is -4.08. The fourth-order valence-electron chi connectivity index (χ4n) is 3.86. The van der Waals surface area contributed by atoms with Crippen LogP contribution < -0.4 is 14.8 Å². The lowest BCUT2D eigenvalue weighted by Crippen LogP contribution is -2.48. The van der Waals surface area contributed by atoms with Gasteiger partial charge in [0.05, 0.1) is 6.61 Å². The fraction of sp³-hybridized carbons (Fsp3) is 0.400. The molecule has 1 unspecified atom stereocenters. The van der Waals surface area contributed by atoms with Gasteiger partial charge in [-0.25, -0.2) is 8.42 Å². The number of hydrogen-bond acceptors (Lipinski definition) is 4. The van der Waals surface area contributed by atoms with Crippen molar-refractivity contribution in [1.82, 2.24) is 10.0 Å². The van der Waals surface area contributed by atoms with Gasteiger partial charge in [0.1, 0.15) is 16.7 Å². The van der Waals surface area contributed by atoms with E-state index in [-0.39, 0.29) is 28.0 Å². The van der Waals surface area contributed by atoms with E-state index in [0.717, 1.165) is 24.8 Å². The predicted octanol–water partition coefficient (Wildman–Crippen LogP) is 4.64. The van der Waals surface area contributed by atoms with Crippen LogP contribution >= 0.6 is 11.6 Å². The molecule has 2 aromatic rings. The average molecular weight is 491 g/mol. The number of ether oxygens (including phenoxy) is 1. The van der Waals surface area contributed by atoms with Crippen LogP contribution in [0.1, 0.15) is 44.6 Å². The molecule has 1 aliphatic rings. The summed E-state index contributed by atoms with van der Waals surface area (Å²) in [5.74, 6) is -0.170. The van der Waals surface area contributed by atoms with Crippen molar-refractivity contribution in [1.29, 1.82) is 0 Å². The molecule has 0 spiro atoms. The Bertz CT molecular complexity index is 1070. The molecule has 2 aromatic carbocycles. The third kappa shape index (κ3) is 7.59. The van der Waals surface area contributed by atoms with Crippen LogP contribution in [0.2, 0.25) is 5.02 Å². The molecule has 2 N–H and O–H groups in total. The number of nitrogens with one attached hydrogen (secondary N) is 2. The molecule has 0 fully saturated rings. The van der Waals surface area contributed by atoms with Crippen molar-refractivity contribution in [3.8, 4) is 5.75 Å². The summed E-state index contributed by atoms with van der Waals surface area (Å²) in [6, 6.07) is 12.8. The third-order valence-corrected chi connectivity index (χ3v) is 7.25. The summed E-state index contributed by atoms with van der Waals surface area (Å²) in [7, 11) is -4.08. The normalized spacial score (nSPS) is 14.9. The molecule has 0 saturated carbocycles. The van der Waals surface area contributed by atoms with E-state index in [0.29, 0.717) is 13.2 Å². The maximum absolute atomic E-state index is 13.3. The number of halogens is 1. The minimum absolute atomic E-state index is 0.0879. The van der Waals surface area contributed by atoms with Gasteiger partial charge in [-0.1, -0.05) is 53.6 Å². The molecule has 6 nitrogen and oxygen atoms in total. The predicted molar refractivity (Wildman–Crippen MR) is 131 cm³/mol. The molecule has 0 saturated heterocycles. The van der Waals surface area contributed by atoms with Crippen LogP contribution in [-0.2, 0) is 21.2 Å². The highest BCUT2D eigenvalue weighted by Crippen LogP contribution is 2.27. The van der Waals surface area contributed by atoms with Crippen LogP contribution in [-0.4, -0.2) is 33.5 Å². The summed E-state index contributed by atoms with van der Waals surface area (Å²) in [6.07, 6.45) is 7.78. The highest BCUT2D eigenvalue weighted by Gasteiger charge is 2.28. The van der Waals surface area contributed by atoms with Crippen molar-refractivity contribution >= 4 is 27.5 Å². The number of amides is 1. The number of allylic oxidation sites excluding steroid dienone is 1. The lowest BCUT2D eigenvalue weighted by Gasteiger charge is -2.20. The Labute approximate surface area is 201 Å². The van der Waals surface area contributed by atoms with Gasteiger partial charge in [-0.05, 0) is 69.2 Å². The van der Waals surface area contributed by atoms with Gasteiger partial charge in [-0.3, -0.25) is 4.79 Å². The number of benzene rings is 2. The van der Waals surface area contributed by atoms with Gasteiger partial charge in [-0.2, -0.15) is 4.72 Å².